The molecule has 0 spiro atoms. The number of halogens is 1. The van der Waals surface area contributed by atoms with E-state index in [1.54, 1.807) is 34.8 Å². The highest BCUT2D eigenvalue weighted by molar-refractivity contribution is 7.89. The number of unbranched alkanes of at least 4 members (excludes halogenated alkanes) is 3. The van der Waals surface area contributed by atoms with Crippen LogP contribution in [0.25, 0.3) is 0 Å². The highest BCUT2D eigenvalue weighted by atomic mass is 35.5. The van der Waals surface area contributed by atoms with Crippen LogP contribution in [0, 0.1) is 6.92 Å². The van der Waals surface area contributed by atoms with E-state index in [1.807, 2.05) is 49.4 Å². The summed E-state index contributed by atoms with van der Waals surface area (Å²) in [5.74, 6) is 0.880. The molecule has 3 aromatic rings. The molecule has 0 atom stereocenters. The van der Waals surface area contributed by atoms with Gasteiger partial charge >= 0.3 is 0 Å². The summed E-state index contributed by atoms with van der Waals surface area (Å²) in [7, 11) is -3.61. The van der Waals surface area contributed by atoms with Crippen LogP contribution in [0.5, 0.6) is 0 Å². The lowest BCUT2D eigenvalue weighted by atomic mass is 10.1. The second-order valence-corrected chi connectivity index (χ2v) is 10.2. The first-order valence-electron chi connectivity index (χ1n) is 10.9. The predicted octanol–water partition coefficient (Wildman–Crippen LogP) is 5.91. The molecule has 0 aliphatic heterocycles. The highest BCUT2D eigenvalue weighted by Gasteiger charge is 2.24. The van der Waals surface area contributed by atoms with Gasteiger partial charge in [-0.05, 0) is 61.7 Å². The van der Waals surface area contributed by atoms with Crippen LogP contribution < -0.4 is 5.32 Å². The molecule has 0 aliphatic carbocycles. The van der Waals surface area contributed by atoms with Crippen LogP contribution in [0.4, 0.5) is 5.82 Å². The number of anilines is 1. The number of hydrogen-bond donors (Lipinski definition) is 1. The Morgan fingerprint density at radius 2 is 1.62 bits per heavy atom. The van der Waals surface area contributed by atoms with Gasteiger partial charge in [0.05, 0.1) is 4.90 Å². The minimum absolute atomic E-state index is 0.272. The van der Waals surface area contributed by atoms with Crippen molar-refractivity contribution in [1.82, 2.24) is 9.29 Å². The fourth-order valence-electron chi connectivity index (χ4n) is 3.39. The van der Waals surface area contributed by atoms with E-state index >= 15 is 0 Å². The Morgan fingerprint density at radius 1 is 0.906 bits per heavy atom. The second-order valence-electron chi connectivity index (χ2n) is 7.83. The molecule has 0 fully saturated rings. The fourth-order valence-corrected chi connectivity index (χ4v) is 4.98. The zero-order chi connectivity index (χ0) is 22.8. The predicted molar refractivity (Wildman–Crippen MR) is 131 cm³/mol. The van der Waals surface area contributed by atoms with Gasteiger partial charge in [-0.2, -0.15) is 4.31 Å². The van der Waals surface area contributed by atoms with E-state index in [-0.39, 0.29) is 4.90 Å². The first kappa shape index (κ1) is 24.2. The van der Waals surface area contributed by atoms with Gasteiger partial charge in [0, 0.05) is 30.9 Å². The Labute approximate surface area is 196 Å². The topological polar surface area (TPSA) is 62.3 Å². The summed E-state index contributed by atoms with van der Waals surface area (Å²) in [6, 6.07) is 20.2. The summed E-state index contributed by atoms with van der Waals surface area (Å²) in [6.45, 7) is 3.71. The van der Waals surface area contributed by atoms with E-state index in [2.05, 4.69) is 10.3 Å². The van der Waals surface area contributed by atoms with Crippen molar-refractivity contribution in [3.8, 4) is 0 Å². The van der Waals surface area contributed by atoms with Gasteiger partial charge in [0.15, 0.2) is 0 Å². The third kappa shape index (κ3) is 7.33. The van der Waals surface area contributed by atoms with Gasteiger partial charge in [0.25, 0.3) is 0 Å². The summed E-state index contributed by atoms with van der Waals surface area (Å²) < 4.78 is 28.2. The van der Waals surface area contributed by atoms with Crippen molar-refractivity contribution in [2.75, 3.05) is 18.4 Å². The maximum Gasteiger partial charge on any atom is 0.243 e. The highest BCUT2D eigenvalue weighted by Crippen LogP contribution is 2.21. The molecule has 0 amide bonds. The number of pyridine rings is 1. The summed E-state index contributed by atoms with van der Waals surface area (Å²) in [6.07, 6.45) is 5.58. The van der Waals surface area contributed by atoms with Gasteiger partial charge in [-0.15, -0.1) is 0 Å². The van der Waals surface area contributed by atoms with Gasteiger partial charge in [-0.3, -0.25) is 0 Å². The molecule has 0 aliphatic rings. The molecule has 1 aromatic heterocycles. The molecule has 0 bridgehead atoms. The fraction of sp³-hybridized carbons (Fsp3) is 0.320. The van der Waals surface area contributed by atoms with Crippen molar-refractivity contribution in [1.29, 1.82) is 0 Å². The van der Waals surface area contributed by atoms with Crippen molar-refractivity contribution >= 4 is 27.4 Å². The van der Waals surface area contributed by atoms with Crippen LogP contribution >= 0.6 is 11.6 Å². The van der Waals surface area contributed by atoms with E-state index in [4.69, 9.17) is 11.6 Å². The standard InChI is InChI=1S/C25H30ClN3O2S/c1-21-9-11-22(12-10-21)20-29(32(30,31)24-15-13-23(26)14-16-24)19-7-3-2-5-17-27-25-8-4-6-18-28-25/h4,6,8-16,18H,2-3,5,7,17,19-20H2,1H3,(H,27,28). The summed E-state index contributed by atoms with van der Waals surface area (Å²) in [5, 5.41) is 3.83. The molecule has 1 N–H and O–H groups in total. The molecular formula is C25H30ClN3O2S. The van der Waals surface area contributed by atoms with Crippen molar-refractivity contribution in [3.05, 3.63) is 89.1 Å². The quantitative estimate of drug-likeness (QED) is 0.334. The normalized spacial score (nSPS) is 11.6. The lowest BCUT2D eigenvalue weighted by molar-refractivity contribution is 0.392. The summed E-state index contributed by atoms with van der Waals surface area (Å²) >= 11 is 5.95. The zero-order valence-electron chi connectivity index (χ0n) is 18.4. The average Bonchev–Trinajstić information content (AvgIpc) is 2.80. The van der Waals surface area contributed by atoms with Crippen molar-refractivity contribution in [3.63, 3.8) is 0 Å². The molecule has 0 saturated heterocycles. The maximum absolute atomic E-state index is 13.3. The largest absolute Gasteiger partial charge is 0.370 e. The van der Waals surface area contributed by atoms with Crippen molar-refractivity contribution in [2.24, 2.45) is 0 Å². The molecule has 170 valence electrons. The lowest BCUT2D eigenvalue weighted by Crippen LogP contribution is -2.31. The number of rotatable bonds is 12. The molecule has 32 heavy (non-hydrogen) atoms. The minimum Gasteiger partial charge on any atom is -0.370 e. The average molecular weight is 472 g/mol. The third-order valence-corrected chi connectivity index (χ3v) is 7.35. The molecule has 3 rings (SSSR count). The molecule has 5 nitrogen and oxygen atoms in total. The van der Waals surface area contributed by atoms with E-state index in [0.29, 0.717) is 18.1 Å². The SMILES string of the molecule is Cc1ccc(CN(CCCCCCNc2ccccn2)S(=O)(=O)c2ccc(Cl)cc2)cc1. The Kier molecular flexibility index (Phi) is 9.09. The van der Waals surface area contributed by atoms with Gasteiger partial charge in [-0.1, -0.05) is 60.3 Å². The first-order valence-corrected chi connectivity index (χ1v) is 12.7. The Balaban J connectivity index is 1.56. The lowest BCUT2D eigenvalue weighted by Gasteiger charge is -2.22. The first-order chi connectivity index (χ1) is 15.4. The molecule has 7 heteroatoms. The number of sulfonamides is 1. The van der Waals surface area contributed by atoms with E-state index in [9.17, 15) is 8.42 Å². The number of aromatic nitrogens is 1. The van der Waals surface area contributed by atoms with Gasteiger partial charge < -0.3 is 5.32 Å². The Morgan fingerprint density at radius 3 is 2.31 bits per heavy atom. The minimum atomic E-state index is -3.61. The van der Waals surface area contributed by atoms with Crippen molar-refractivity contribution < 1.29 is 8.42 Å². The van der Waals surface area contributed by atoms with Crippen LogP contribution in [0.2, 0.25) is 5.02 Å². The number of benzene rings is 2. The maximum atomic E-state index is 13.3. The van der Waals surface area contributed by atoms with Crippen molar-refractivity contribution in [2.45, 2.75) is 44.0 Å². The number of hydrogen-bond acceptors (Lipinski definition) is 4. The Bertz CT molecular complexity index is 1060. The number of aryl methyl sites for hydroxylation is 1. The monoisotopic (exact) mass is 471 g/mol. The van der Waals surface area contributed by atoms with E-state index < -0.39 is 10.0 Å². The molecular weight excluding hydrogens is 442 g/mol. The molecule has 1 heterocycles. The van der Waals surface area contributed by atoms with Gasteiger partial charge in [0.2, 0.25) is 10.0 Å². The van der Waals surface area contributed by atoms with Gasteiger partial charge in [-0.25, -0.2) is 13.4 Å². The molecule has 0 saturated carbocycles. The van der Waals surface area contributed by atoms with Crippen LogP contribution in [-0.2, 0) is 16.6 Å². The second kappa shape index (κ2) is 12.0. The van der Waals surface area contributed by atoms with E-state index in [0.717, 1.165) is 49.2 Å². The van der Waals surface area contributed by atoms with Crippen LogP contribution in [0.1, 0.15) is 36.8 Å². The smallest absolute Gasteiger partial charge is 0.243 e. The summed E-state index contributed by atoms with van der Waals surface area (Å²) in [5.41, 5.74) is 2.13. The van der Waals surface area contributed by atoms with Crippen LogP contribution in [0.3, 0.4) is 0 Å². The number of nitrogens with zero attached hydrogens (tertiary/aromatic N) is 2. The molecule has 0 radical (unpaired) electrons. The zero-order valence-corrected chi connectivity index (χ0v) is 19.9. The molecule has 2 aromatic carbocycles. The summed E-state index contributed by atoms with van der Waals surface area (Å²) in [4.78, 5) is 4.52. The number of nitrogens with one attached hydrogen (secondary N) is 1. The van der Waals surface area contributed by atoms with Crippen LogP contribution in [-0.4, -0.2) is 30.8 Å². The Hall–Kier alpha value is -2.41. The van der Waals surface area contributed by atoms with Gasteiger partial charge in [0.1, 0.15) is 5.82 Å². The molecule has 0 unspecified atom stereocenters. The van der Waals surface area contributed by atoms with Crippen LogP contribution in [0.15, 0.2) is 77.8 Å². The third-order valence-electron chi connectivity index (χ3n) is 5.24. The van der Waals surface area contributed by atoms with E-state index in [1.165, 1.54) is 0 Å².